The molecule has 0 aliphatic heterocycles. The molecule has 0 saturated carbocycles. The highest BCUT2D eigenvalue weighted by molar-refractivity contribution is 9.10. The van der Waals surface area contributed by atoms with Crippen LogP contribution >= 0.6 is 39.1 Å². The van der Waals surface area contributed by atoms with Gasteiger partial charge < -0.3 is 10.4 Å². The van der Waals surface area contributed by atoms with Gasteiger partial charge in [0.05, 0.1) is 5.69 Å². The molecule has 2 N–H and O–H groups in total. The lowest BCUT2D eigenvalue weighted by molar-refractivity contribution is 0.102. The van der Waals surface area contributed by atoms with Crippen LogP contribution in [0, 0.1) is 0 Å². The van der Waals surface area contributed by atoms with Gasteiger partial charge in [0.25, 0.3) is 5.91 Å². The average Bonchev–Trinajstić information content (AvgIpc) is 2.31. The van der Waals surface area contributed by atoms with E-state index in [1.54, 1.807) is 12.1 Å². The van der Waals surface area contributed by atoms with Crippen molar-refractivity contribution in [2.75, 3.05) is 5.32 Å². The predicted octanol–water partition coefficient (Wildman–Crippen LogP) is 4.11. The first-order valence-corrected chi connectivity index (χ1v) is 6.63. The number of carbonyl (C=O) groups excluding carboxylic acids is 1. The molecule has 7 heteroatoms. The van der Waals surface area contributed by atoms with E-state index in [0.29, 0.717) is 4.47 Å². The summed E-state index contributed by atoms with van der Waals surface area (Å²) in [6.07, 6.45) is 0. The summed E-state index contributed by atoms with van der Waals surface area (Å²) < 4.78 is 0.706. The number of halogens is 3. The maximum atomic E-state index is 12.0. The number of phenolic OH excluding ortho intramolecular Hbond substituents is 1. The minimum absolute atomic E-state index is 0.0472. The summed E-state index contributed by atoms with van der Waals surface area (Å²) in [5.74, 6) is -0.488. The third-order valence-corrected chi connectivity index (χ3v) is 3.11. The molecule has 0 saturated heterocycles. The summed E-state index contributed by atoms with van der Waals surface area (Å²) >= 11 is 14.6. The van der Waals surface area contributed by atoms with Crippen LogP contribution in [-0.2, 0) is 0 Å². The molecule has 2 rings (SSSR count). The zero-order chi connectivity index (χ0) is 14.0. The van der Waals surface area contributed by atoms with E-state index >= 15 is 0 Å². The first-order valence-electron chi connectivity index (χ1n) is 5.08. The zero-order valence-electron chi connectivity index (χ0n) is 9.32. The van der Waals surface area contributed by atoms with Gasteiger partial charge >= 0.3 is 0 Å². The molecule has 0 aliphatic carbocycles. The molecule has 19 heavy (non-hydrogen) atoms. The summed E-state index contributed by atoms with van der Waals surface area (Å²) in [6.45, 7) is 0. The Morgan fingerprint density at radius 1 is 1.21 bits per heavy atom. The van der Waals surface area contributed by atoms with Gasteiger partial charge in [-0.25, -0.2) is 4.98 Å². The van der Waals surface area contributed by atoms with Gasteiger partial charge in [-0.15, -0.1) is 0 Å². The van der Waals surface area contributed by atoms with E-state index in [-0.39, 0.29) is 27.3 Å². The van der Waals surface area contributed by atoms with Gasteiger partial charge in [-0.3, -0.25) is 4.79 Å². The number of aromatic nitrogens is 1. The molecule has 0 spiro atoms. The van der Waals surface area contributed by atoms with Gasteiger partial charge in [0.2, 0.25) is 0 Å². The minimum atomic E-state index is -0.441. The Morgan fingerprint density at radius 2 is 1.84 bits per heavy atom. The molecule has 0 radical (unpaired) electrons. The third kappa shape index (κ3) is 3.59. The first kappa shape index (κ1) is 14.1. The van der Waals surface area contributed by atoms with Crippen LogP contribution in [0.25, 0.3) is 0 Å². The number of hydrogen-bond donors (Lipinski definition) is 2. The van der Waals surface area contributed by atoms with Crippen molar-refractivity contribution in [2.45, 2.75) is 0 Å². The number of pyridine rings is 1. The summed E-state index contributed by atoms with van der Waals surface area (Å²) in [7, 11) is 0. The predicted molar refractivity (Wildman–Crippen MR) is 78.0 cm³/mol. The number of rotatable bonds is 2. The van der Waals surface area contributed by atoms with Crippen molar-refractivity contribution >= 4 is 50.7 Å². The van der Waals surface area contributed by atoms with E-state index in [0.717, 1.165) is 0 Å². The van der Waals surface area contributed by atoms with E-state index < -0.39 is 5.91 Å². The smallest absolute Gasteiger partial charge is 0.255 e. The van der Waals surface area contributed by atoms with E-state index in [1.165, 1.54) is 18.2 Å². The second-order valence-corrected chi connectivity index (χ2v) is 5.31. The number of hydrogen-bond acceptors (Lipinski definition) is 3. The highest BCUT2D eigenvalue weighted by Crippen LogP contribution is 2.27. The Balaban J connectivity index is 2.25. The number of nitrogens with zero attached hydrogens (tertiary/aromatic N) is 1. The van der Waals surface area contributed by atoms with Crippen LogP contribution in [0.2, 0.25) is 10.3 Å². The summed E-state index contributed by atoms with van der Waals surface area (Å²) in [5, 5.41) is 12.5. The van der Waals surface area contributed by atoms with Gasteiger partial charge in [0, 0.05) is 10.0 Å². The van der Waals surface area contributed by atoms with Crippen LogP contribution in [0.4, 0.5) is 5.69 Å². The van der Waals surface area contributed by atoms with Crippen molar-refractivity contribution in [3.8, 4) is 5.75 Å². The lowest BCUT2D eigenvalue weighted by Gasteiger charge is -2.08. The van der Waals surface area contributed by atoms with Crippen LogP contribution in [-0.4, -0.2) is 16.0 Å². The van der Waals surface area contributed by atoms with Gasteiger partial charge in [0.1, 0.15) is 16.1 Å². The second kappa shape index (κ2) is 5.77. The van der Waals surface area contributed by atoms with Crippen LogP contribution in [0.5, 0.6) is 5.75 Å². The number of carbonyl (C=O) groups is 1. The summed E-state index contributed by atoms with van der Waals surface area (Å²) in [5.41, 5.74) is 0.546. The molecule has 0 aliphatic rings. The molecule has 4 nitrogen and oxygen atoms in total. The summed E-state index contributed by atoms with van der Waals surface area (Å²) in [4.78, 5) is 15.7. The highest BCUT2D eigenvalue weighted by Gasteiger charge is 2.11. The van der Waals surface area contributed by atoms with Crippen LogP contribution < -0.4 is 5.32 Å². The summed E-state index contributed by atoms with van der Waals surface area (Å²) in [6, 6.07) is 7.52. The van der Waals surface area contributed by atoms with Gasteiger partial charge in [-0.2, -0.15) is 0 Å². The molecule has 98 valence electrons. The van der Waals surface area contributed by atoms with Gasteiger partial charge in [0.15, 0.2) is 0 Å². The third-order valence-electron chi connectivity index (χ3n) is 2.23. The molecule has 1 aromatic carbocycles. The Labute approximate surface area is 127 Å². The Kier molecular flexibility index (Phi) is 4.29. The van der Waals surface area contributed by atoms with E-state index in [9.17, 15) is 9.90 Å². The van der Waals surface area contributed by atoms with Crippen LogP contribution in [0.3, 0.4) is 0 Å². The minimum Gasteiger partial charge on any atom is -0.506 e. The number of amides is 1. The fraction of sp³-hybridized carbons (Fsp3) is 0. The van der Waals surface area contributed by atoms with Crippen molar-refractivity contribution < 1.29 is 9.90 Å². The molecule has 0 unspecified atom stereocenters. The van der Waals surface area contributed by atoms with Crippen molar-refractivity contribution in [1.82, 2.24) is 4.98 Å². The number of benzene rings is 1. The molecule has 0 bridgehead atoms. The highest BCUT2D eigenvalue weighted by atomic mass is 79.9. The normalized spacial score (nSPS) is 10.3. The lowest BCUT2D eigenvalue weighted by Crippen LogP contribution is -2.12. The fourth-order valence-corrected chi connectivity index (χ4v) is 2.21. The van der Waals surface area contributed by atoms with Gasteiger partial charge in [-0.05, 0) is 30.3 Å². The molecule has 1 amide bonds. The van der Waals surface area contributed by atoms with Crippen molar-refractivity contribution in [3.05, 3.63) is 50.7 Å². The van der Waals surface area contributed by atoms with Gasteiger partial charge in [-0.1, -0.05) is 39.1 Å². The Morgan fingerprint density at radius 3 is 2.42 bits per heavy atom. The molecular formula is C12H7BrCl2N2O2. The fourth-order valence-electron chi connectivity index (χ4n) is 1.40. The zero-order valence-corrected chi connectivity index (χ0v) is 12.4. The number of aromatic hydroxyl groups is 1. The maximum absolute atomic E-state index is 12.0. The number of phenols is 1. The quantitative estimate of drug-likeness (QED) is 0.625. The number of anilines is 1. The molecule has 1 heterocycles. The van der Waals surface area contributed by atoms with Crippen molar-refractivity contribution in [3.63, 3.8) is 0 Å². The Hall–Kier alpha value is -1.30. The largest absolute Gasteiger partial charge is 0.506 e. The molecule has 0 fully saturated rings. The van der Waals surface area contributed by atoms with Crippen LogP contribution in [0.1, 0.15) is 10.4 Å². The van der Waals surface area contributed by atoms with Crippen molar-refractivity contribution in [2.24, 2.45) is 0 Å². The molecular weight excluding hydrogens is 355 g/mol. The topological polar surface area (TPSA) is 62.2 Å². The molecule has 1 aromatic heterocycles. The lowest BCUT2D eigenvalue weighted by atomic mass is 10.2. The van der Waals surface area contributed by atoms with Crippen LogP contribution in [0.15, 0.2) is 34.8 Å². The Bertz CT molecular complexity index is 629. The SMILES string of the molecule is O=C(Nc1ccc(Br)cc1O)c1cc(Cl)nc(Cl)c1. The maximum Gasteiger partial charge on any atom is 0.255 e. The van der Waals surface area contributed by atoms with E-state index in [4.69, 9.17) is 23.2 Å². The molecule has 2 aromatic rings. The van der Waals surface area contributed by atoms with E-state index in [1.807, 2.05) is 0 Å². The monoisotopic (exact) mass is 360 g/mol. The van der Waals surface area contributed by atoms with Crippen molar-refractivity contribution in [1.29, 1.82) is 0 Å². The van der Waals surface area contributed by atoms with E-state index in [2.05, 4.69) is 26.2 Å². The first-order chi connectivity index (χ1) is 8.95. The number of nitrogens with one attached hydrogen (secondary N) is 1. The molecule has 0 atom stereocenters. The second-order valence-electron chi connectivity index (χ2n) is 3.62. The standard InChI is InChI=1S/C12H7BrCl2N2O2/c13-7-1-2-8(9(18)5-7)16-12(19)6-3-10(14)17-11(15)4-6/h1-5,18H,(H,16,19). The average molecular weight is 362 g/mol.